The van der Waals surface area contributed by atoms with Gasteiger partial charge < -0.3 is 10.2 Å². The molecular weight excluding hydrogens is 196 g/mol. The van der Waals surface area contributed by atoms with Crippen LogP contribution in [-0.2, 0) is 6.42 Å². The highest BCUT2D eigenvalue weighted by Gasteiger charge is 2.17. The summed E-state index contributed by atoms with van der Waals surface area (Å²) in [4.78, 5) is 2.46. The molecule has 2 rings (SSSR count). The van der Waals surface area contributed by atoms with Gasteiger partial charge in [-0.05, 0) is 44.4 Å². The predicted octanol–water partition coefficient (Wildman–Crippen LogP) is 3.28. The van der Waals surface area contributed by atoms with Crippen LogP contribution in [0.5, 0.6) is 0 Å². The molecule has 1 heterocycles. The molecule has 0 amide bonds. The molecular formula is C14H22N2. The SMILES string of the molecule is CCC(C)Nc1ccc2c(c1)N(CC)CC2. The van der Waals surface area contributed by atoms with Crippen molar-refractivity contribution in [2.45, 2.75) is 39.7 Å². The molecule has 0 fully saturated rings. The third kappa shape index (κ3) is 2.16. The molecule has 0 aromatic heterocycles. The Bertz CT molecular complexity index is 360. The summed E-state index contributed by atoms with van der Waals surface area (Å²) in [5, 5.41) is 3.54. The number of nitrogens with zero attached hydrogens (tertiary/aromatic N) is 1. The fraction of sp³-hybridized carbons (Fsp3) is 0.571. The average molecular weight is 218 g/mol. The predicted molar refractivity (Wildman–Crippen MR) is 71.4 cm³/mol. The largest absolute Gasteiger partial charge is 0.383 e. The van der Waals surface area contributed by atoms with Gasteiger partial charge in [0.2, 0.25) is 0 Å². The summed E-state index contributed by atoms with van der Waals surface area (Å²) in [7, 11) is 0. The van der Waals surface area contributed by atoms with E-state index in [1.165, 1.54) is 29.9 Å². The van der Waals surface area contributed by atoms with E-state index >= 15 is 0 Å². The minimum absolute atomic E-state index is 0.550. The van der Waals surface area contributed by atoms with Gasteiger partial charge in [-0.15, -0.1) is 0 Å². The Labute approximate surface area is 98.7 Å². The van der Waals surface area contributed by atoms with Gasteiger partial charge >= 0.3 is 0 Å². The van der Waals surface area contributed by atoms with Gasteiger partial charge in [-0.1, -0.05) is 13.0 Å². The molecule has 0 saturated heterocycles. The van der Waals surface area contributed by atoms with Crippen LogP contribution in [-0.4, -0.2) is 19.1 Å². The average Bonchev–Trinajstić information content (AvgIpc) is 2.71. The number of nitrogens with one attached hydrogen (secondary N) is 1. The monoisotopic (exact) mass is 218 g/mol. The van der Waals surface area contributed by atoms with Crippen molar-refractivity contribution in [3.63, 3.8) is 0 Å². The fourth-order valence-electron chi connectivity index (χ4n) is 2.25. The summed E-state index contributed by atoms with van der Waals surface area (Å²) >= 11 is 0. The molecule has 1 atom stereocenters. The lowest BCUT2D eigenvalue weighted by atomic mass is 10.1. The Kier molecular flexibility index (Phi) is 3.37. The first-order valence-corrected chi connectivity index (χ1v) is 6.39. The molecule has 0 saturated carbocycles. The number of fused-ring (bicyclic) bond motifs is 1. The number of likely N-dealkylation sites (N-methyl/N-ethyl adjacent to an activating group) is 1. The van der Waals surface area contributed by atoms with E-state index in [-0.39, 0.29) is 0 Å². The second kappa shape index (κ2) is 4.77. The number of hydrogen-bond donors (Lipinski definition) is 1. The van der Waals surface area contributed by atoms with Crippen LogP contribution >= 0.6 is 0 Å². The van der Waals surface area contributed by atoms with Crippen LogP contribution in [0, 0.1) is 0 Å². The molecule has 2 nitrogen and oxygen atoms in total. The van der Waals surface area contributed by atoms with Gasteiger partial charge in [0.05, 0.1) is 0 Å². The van der Waals surface area contributed by atoms with Crippen molar-refractivity contribution in [3.05, 3.63) is 23.8 Å². The van der Waals surface area contributed by atoms with E-state index in [9.17, 15) is 0 Å². The maximum Gasteiger partial charge on any atom is 0.0420 e. The van der Waals surface area contributed by atoms with Gasteiger partial charge in [-0.2, -0.15) is 0 Å². The first-order chi connectivity index (χ1) is 7.74. The quantitative estimate of drug-likeness (QED) is 0.834. The van der Waals surface area contributed by atoms with Crippen molar-refractivity contribution in [2.75, 3.05) is 23.3 Å². The smallest absolute Gasteiger partial charge is 0.0420 e. The second-order valence-corrected chi connectivity index (χ2v) is 4.63. The molecule has 1 aliphatic rings. The standard InChI is InChI=1S/C14H22N2/c1-4-11(3)15-13-7-6-12-8-9-16(5-2)14(12)10-13/h6-7,10-11,15H,4-5,8-9H2,1-3H3. The third-order valence-corrected chi connectivity index (χ3v) is 3.48. The van der Waals surface area contributed by atoms with E-state index < -0.39 is 0 Å². The molecule has 0 spiro atoms. The number of anilines is 2. The van der Waals surface area contributed by atoms with Gasteiger partial charge in [-0.3, -0.25) is 0 Å². The molecule has 2 heteroatoms. The zero-order valence-electron chi connectivity index (χ0n) is 10.6. The minimum atomic E-state index is 0.550. The lowest BCUT2D eigenvalue weighted by molar-refractivity contribution is 0.764. The molecule has 1 aliphatic heterocycles. The summed E-state index contributed by atoms with van der Waals surface area (Å²) in [6, 6.07) is 7.34. The summed E-state index contributed by atoms with van der Waals surface area (Å²) in [6.45, 7) is 8.95. The summed E-state index contributed by atoms with van der Waals surface area (Å²) in [5.74, 6) is 0. The highest BCUT2D eigenvalue weighted by molar-refractivity contribution is 5.65. The highest BCUT2D eigenvalue weighted by Crippen LogP contribution is 2.30. The number of benzene rings is 1. The van der Waals surface area contributed by atoms with Crippen molar-refractivity contribution < 1.29 is 0 Å². The third-order valence-electron chi connectivity index (χ3n) is 3.48. The van der Waals surface area contributed by atoms with Crippen LogP contribution in [0.4, 0.5) is 11.4 Å². The van der Waals surface area contributed by atoms with Crippen LogP contribution in [0.25, 0.3) is 0 Å². The number of hydrogen-bond acceptors (Lipinski definition) is 2. The Balaban J connectivity index is 2.18. The summed E-state index contributed by atoms with van der Waals surface area (Å²) in [5.41, 5.74) is 4.18. The van der Waals surface area contributed by atoms with Crippen molar-refractivity contribution in [3.8, 4) is 0 Å². The van der Waals surface area contributed by atoms with E-state index in [0.717, 1.165) is 13.0 Å². The maximum atomic E-state index is 3.54. The second-order valence-electron chi connectivity index (χ2n) is 4.63. The molecule has 1 unspecified atom stereocenters. The van der Waals surface area contributed by atoms with Gasteiger partial charge in [0.25, 0.3) is 0 Å². The van der Waals surface area contributed by atoms with E-state index in [1.807, 2.05) is 0 Å². The van der Waals surface area contributed by atoms with Gasteiger partial charge in [0, 0.05) is 30.5 Å². The molecule has 1 aromatic rings. The van der Waals surface area contributed by atoms with Crippen LogP contribution in [0.1, 0.15) is 32.8 Å². The van der Waals surface area contributed by atoms with Crippen molar-refractivity contribution >= 4 is 11.4 Å². The summed E-state index contributed by atoms with van der Waals surface area (Å²) < 4.78 is 0. The first kappa shape index (κ1) is 11.3. The zero-order chi connectivity index (χ0) is 11.5. The Morgan fingerprint density at radius 3 is 2.88 bits per heavy atom. The minimum Gasteiger partial charge on any atom is -0.383 e. The van der Waals surface area contributed by atoms with E-state index in [4.69, 9.17) is 0 Å². The van der Waals surface area contributed by atoms with E-state index in [2.05, 4.69) is 49.2 Å². The Hall–Kier alpha value is -1.18. The molecule has 1 N–H and O–H groups in total. The zero-order valence-corrected chi connectivity index (χ0v) is 10.6. The molecule has 88 valence electrons. The van der Waals surface area contributed by atoms with Crippen LogP contribution < -0.4 is 10.2 Å². The van der Waals surface area contributed by atoms with Crippen LogP contribution in [0.2, 0.25) is 0 Å². The van der Waals surface area contributed by atoms with Crippen molar-refractivity contribution in [2.24, 2.45) is 0 Å². The van der Waals surface area contributed by atoms with Gasteiger partial charge in [0.1, 0.15) is 0 Å². The van der Waals surface area contributed by atoms with Gasteiger partial charge in [-0.25, -0.2) is 0 Å². The topological polar surface area (TPSA) is 15.3 Å². The van der Waals surface area contributed by atoms with Crippen LogP contribution in [0.3, 0.4) is 0 Å². The van der Waals surface area contributed by atoms with E-state index in [0.29, 0.717) is 6.04 Å². The lowest BCUT2D eigenvalue weighted by Crippen LogP contribution is -2.19. The van der Waals surface area contributed by atoms with Gasteiger partial charge in [0.15, 0.2) is 0 Å². The molecule has 16 heavy (non-hydrogen) atoms. The first-order valence-electron chi connectivity index (χ1n) is 6.39. The molecule has 0 bridgehead atoms. The van der Waals surface area contributed by atoms with Crippen molar-refractivity contribution in [1.82, 2.24) is 0 Å². The van der Waals surface area contributed by atoms with Crippen LogP contribution in [0.15, 0.2) is 18.2 Å². The molecule has 0 aliphatic carbocycles. The van der Waals surface area contributed by atoms with E-state index in [1.54, 1.807) is 0 Å². The molecule has 1 aromatic carbocycles. The fourth-order valence-corrected chi connectivity index (χ4v) is 2.25. The normalized spacial score (nSPS) is 16.1. The highest BCUT2D eigenvalue weighted by atomic mass is 15.1. The lowest BCUT2D eigenvalue weighted by Gasteiger charge is -2.19. The van der Waals surface area contributed by atoms with Crippen molar-refractivity contribution in [1.29, 1.82) is 0 Å². The number of rotatable bonds is 4. The summed E-state index contributed by atoms with van der Waals surface area (Å²) in [6.07, 6.45) is 2.36. The molecule has 0 radical (unpaired) electrons. The Morgan fingerprint density at radius 1 is 1.38 bits per heavy atom. The maximum absolute atomic E-state index is 3.54. The Morgan fingerprint density at radius 2 is 2.19 bits per heavy atom.